The van der Waals surface area contributed by atoms with Gasteiger partial charge in [-0.1, -0.05) is 6.92 Å². The monoisotopic (exact) mass is 198 g/mol. The van der Waals surface area contributed by atoms with Gasteiger partial charge >= 0.3 is 0 Å². The Morgan fingerprint density at radius 2 is 2.29 bits per heavy atom. The van der Waals surface area contributed by atoms with Crippen molar-refractivity contribution in [3.8, 4) is 11.5 Å². The summed E-state index contributed by atoms with van der Waals surface area (Å²) in [5.41, 5.74) is 0.505. The SMILES string of the molecule is CCc1cc(C=O)c(O)c(F)c1OC. The first-order valence-corrected chi connectivity index (χ1v) is 4.19. The molecule has 0 unspecified atom stereocenters. The standard InChI is InChI=1S/C10H11FO3/c1-3-6-4-7(5-12)9(13)8(11)10(6)14-2/h4-5,13H,3H2,1-2H3. The van der Waals surface area contributed by atoms with Crippen LogP contribution in [0, 0.1) is 5.82 Å². The molecule has 1 aromatic rings. The highest BCUT2D eigenvalue weighted by atomic mass is 19.1. The molecule has 1 aromatic carbocycles. The minimum atomic E-state index is -0.881. The average Bonchev–Trinajstić information content (AvgIpc) is 2.21. The Bertz CT molecular complexity index is 361. The van der Waals surface area contributed by atoms with Gasteiger partial charge in [0.1, 0.15) is 0 Å². The van der Waals surface area contributed by atoms with Gasteiger partial charge < -0.3 is 9.84 Å². The van der Waals surface area contributed by atoms with Gasteiger partial charge in [0.2, 0.25) is 5.82 Å². The van der Waals surface area contributed by atoms with Crippen LogP contribution in [0.2, 0.25) is 0 Å². The third-order valence-corrected chi connectivity index (χ3v) is 2.01. The highest BCUT2D eigenvalue weighted by Gasteiger charge is 2.16. The number of aryl methyl sites for hydroxylation is 1. The lowest BCUT2D eigenvalue weighted by atomic mass is 10.1. The van der Waals surface area contributed by atoms with Crippen molar-refractivity contribution in [3.63, 3.8) is 0 Å². The lowest BCUT2D eigenvalue weighted by molar-refractivity contribution is 0.112. The predicted molar refractivity (Wildman–Crippen MR) is 49.4 cm³/mol. The van der Waals surface area contributed by atoms with Crippen LogP contribution in [0.4, 0.5) is 4.39 Å². The second-order valence-electron chi connectivity index (χ2n) is 2.79. The molecular weight excluding hydrogens is 187 g/mol. The molecule has 0 aliphatic heterocycles. The largest absolute Gasteiger partial charge is 0.504 e. The van der Waals surface area contributed by atoms with Gasteiger partial charge in [-0.2, -0.15) is 4.39 Å². The minimum absolute atomic E-state index is 0.00407. The molecule has 0 aliphatic carbocycles. The molecule has 1 rings (SSSR count). The molecule has 0 aliphatic rings. The number of phenolic OH excluding ortho intramolecular Hbond substituents is 1. The van der Waals surface area contributed by atoms with Crippen molar-refractivity contribution in [2.24, 2.45) is 0 Å². The van der Waals surface area contributed by atoms with Crippen LogP contribution in [0.25, 0.3) is 0 Å². The number of carbonyl (C=O) groups is 1. The number of hydrogen-bond donors (Lipinski definition) is 1. The molecule has 0 aromatic heterocycles. The van der Waals surface area contributed by atoms with Crippen LogP contribution in [-0.2, 0) is 6.42 Å². The van der Waals surface area contributed by atoms with Crippen molar-refractivity contribution in [2.75, 3.05) is 7.11 Å². The fourth-order valence-corrected chi connectivity index (χ4v) is 1.27. The predicted octanol–water partition coefficient (Wildman–Crippen LogP) is 1.91. The van der Waals surface area contributed by atoms with E-state index in [1.165, 1.54) is 13.2 Å². The van der Waals surface area contributed by atoms with Gasteiger partial charge in [0, 0.05) is 0 Å². The summed E-state index contributed by atoms with van der Waals surface area (Å²) in [7, 11) is 1.32. The number of benzene rings is 1. The van der Waals surface area contributed by atoms with E-state index < -0.39 is 11.6 Å². The first-order valence-electron chi connectivity index (χ1n) is 4.19. The Morgan fingerprint density at radius 1 is 1.64 bits per heavy atom. The number of phenols is 1. The molecule has 0 atom stereocenters. The molecule has 1 N–H and O–H groups in total. The smallest absolute Gasteiger partial charge is 0.207 e. The summed E-state index contributed by atoms with van der Waals surface area (Å²) in [6.07, 6.45) is 0.943. The number of carbonyl (C=O) groups excluding carboxylic acids is 1. The van der Waals surface area contributed by atoms with Crippen molar-refractivity contribution < 1.29 is 19.0 Å². The summed E-state index contributed by atoms with van der Waals surface area (Å²) in [5, 5.41) is 9.24. The number of aldehydes is 1. The fraction of sp³-hybridized carbons (Fsp3) is 0.300. The van der Waals surface area contributed by atoms with E-state index in [1.807, 2.05) is 6.92 Å². The van der Waals surface area contributed by atoms with Gasteiger partial charge in [-0.05, 0) is 18.1 Å². The Kier molecular flexibility index (Phi) is 3.06. The number of hydrogen-bond acceptors (Lipinski definition) is 3. The summed E-state index contributed by atoms with van der Waals surface area (Å²) in [6, 6.07) is 1.42. The van der Waals surface area contributed by atoms with Crippen LogP contribution < -0.4 is 4.74 Å². The van der Waals surface area contributed by atoms with Gasteiger partial charge in [-0.25, -0.2) is 0 Å². The van der Waals surface area contributed by atoms with Crippen LogP contribution >= 0.6 is 0 Å². The molecule has 0 spiro atoms. The van der Waals surface area contributed by atoms with Crippen molar-refractivity contribution in [1.29, 1.82) is 0 Å². The van der Waals surface area contributed by atoms with Crippen LogP contribution in [0.1, 0.15) is 22.8 Å². The number of methoxy groups -OCH3 is 1. The first-order chi connectivity index (χ1) is 6.65. The van der Waals surface area contributed by atoms with E-state index in [9.17, 15) is 14.3 Å². The van der Waals surface area contributed by atoms with Gasteiger partial charge in [0.05, 0.1) is 12.7 Å². The second-order valence-corrected chi connectivity index (χ2v) is 2.79. The van der Waals surface area contributed by atoms with Crippen LogP contribution in [0.3, 0.4) is 0 Å². The highest BCUT2D eigenvalue weighted by Crippen LogP contribution is 2.32. The number of ether oxygens (including phenoxy) is 1. The molecule has 3 nitrogen and oxygen atoms in total. The highest BCUT2D eigenvalue weighted by molar-refractivity contribution is 5.80. The number of aromatic hydroxyl groups is 1. The summed E-state index contributed by atoms with van der Waals surface area (Å²) in [5.74, 6) is -1.54. The maximum absolute atomic E-state index is 13.4. The topological polar surface area (TPSA) is 46.5 Å². The molecule has 76 valence electrons. The maximum Gasteiger partial charge on any atom is 0.207 e. The van der Waals surface area contributed by atoms with Crippen molar-refractivity contribution >= 4 is 6.29 Å². The lowest BCUT2D eigenvalue weighted by Gasteiger charge is -2.10. The zero-order valence-electron chi connectivity index (χ0n) is 8.00. The summed E-state index contributed by atoms with van der Waals surface area (Å²) in [4.78, 5) is 10.5. The van der Waals surface area contributed by atoms with Gasteiger partial charge in [0.25, 0.3) is 0 Å². The molecule has 0 bridgehead atoms. The minimum Gasteiger partial charge on any atom is -0.504 e. The van der Waals surface area contributed by atoms with E-state index in [-0.39, 0.29) is 11.3 Å². The van der Waals surface area contributed by atoms with E-state index in [2.05, 4.69) is 0 Å². The molecule has 0 saturated heterocycles. The zero-order valence-corrected chi connectivity index (χ0v) is 8.00. The van der Waals surface area contributed by atoms with E-state index in [0.717, 1.165) is 0 Å². The molecule has 14 heavy (non-hydrogen) atoms. The third-order valence-electron chi connectivity index (χ3n) is 2.01. The van der Waals surface area contributed by atoms with Gasteiger partial charge in [-0.15, -0.1) is 0 Å². The molecular formula is C10H11FO3. The average molecular weight is 198 g/mol. The Morgan fingerprint density at radius 3 is 2.71 bits per heavy atom. The quantitative estimate of drug-likeness (QED) is 0.754. The number of rotatable bonds is 3. The fourth-order valence-electron chi connectivity index (χ4n) is 1.27. The second kappa shape index (κ2) is 4.09. The van der Waals surface area contributed by atoms with Crippen LogP contribution in [-0.4, -0.2) is 18.5 Å². The van der Waals surface area contributed by atoms with E-state index in [1.54, 1.807) is 0 Å². The van der Waals surface area contributed by atoms with Crippen molar-refractivity contribution in [3.05, 3.63) is 23.0 Å². The van der Waals surface area contributed by atoms with Crippen LogP contribution in [0.5, 0.6) is 11.5 Å². The Labute approximate surface area is 81.1 Å². The summed E-state index contributed by atoms with van der Waals surface area (Å²) >= 11 is 0. The van der Waals surface area contributed by atoms with E-state index in [4.69, 9.17) is 4.74 Å². The molecule has 4 heteroatoms. The Hall–Kier alpha value is -1.58. The van der Waals surface area contributed by atoms with Gasteiger partial charge in [0.15, 0.2) is 17.8 Å². The van der Waals surface area contributed by atoms with Gasteiger partial charge in [-0.3, -0.25) is 4.79 Å². The van der Waals surface area contributed by atoms with Crippen molar-refractivity contribution in [2.45, 2.75) is 13.3 Å². The molecule has 0 fully saturated rings. The summed E-state index contributed by atoms with van der Waals surface area (Å²) < 4.78 is 18.2. The molecule has 0 amide bonds. The normalized spacial score (nSPS) is 9.93. The zero-order chi connectivity index (χ0) is 10.7. The maximum atomic E-state index is 13.4. The number of halogens is 1. The van der Waals surface area contributed by atoms with E-state index >= 15 is 0 Å². The van der Waals surface area contributed by atoms with Crippen LogP contribution in [0.15, 0.2) is 6.07 Å². The molecule has 0 saturated carbocycles. The summed E-state index contributed by atoms with van der Waals surface area (Å²) in [6.45, 7) is 1.81. The molecule has 0 radical (unpaired) electrons. The lowest BCUT2D eigenvalue weighted by Crippen LogP contribution is -1.98. The Balaban J connectivity index is 3.45. The molecule has 0 heterocycles. The van der Waals surface area contributed by atoms with E-state index in [0.29, 0.717) is 18.3 Å². The van der Waals surface area contributed by atoms with Crippen molar-refractivity contribution in [1.82, 2.24) is 0 Å². The first kappa shape index (κ1) is 10.5. The third kappa shape index (κ3) is 1.55.